The van der Waals surface area contributed by atoms with Gasteiger partial charge in [-0.3, -0.25) is 4.99 Å². The number of aliphatic imine (C=N–C) groups is 1. The third-order valence-electron chi connectivity index (χ3n) is 3.92. The van der Waals surface area contributed by atoms with Crippen molar-refractivity contribution in [3.05, 3.63) is 83.1 Å². The van der Waals surface area contributed by atoms with Gasteiger partial charge in [0.2, 0.25) is 0 Å². The quantitative estimate of drug-likeness (QED) is 0.529. The molecule has 0 radical (unpaired) electrons. The van der Waals surface area contributed by atoms with Gasteiger partial charge < -0.3 is 9.84 Å². The van der Waals surface area contributed by atoms with E-state index in [0.717, 1.165) is 12.0 Å². The number of esters is 1. The average molecular weight is 321 g/mol. The van der Waals surface area contributed by atoms with Crippen molar-refractivity contribution in [2.75, 3.05) is 6.54 Å². The molecule has 2 aromatic carbocycles. The highest BCUT2D eigenvalue weighted by Crippen LogP contribution is 2.32. The van der Waals surface area contributed by atoms with Crippen LogP contribution in [0.3, 0.4) is 0 Å². The molecule has 0 bridgehead atoms. The Balaban J connectivity index is 1.88. The predicted molar refractivity (Wildman–Crippen MR) is 93.1 cm³/mol. The van der Waals surface area contributed by atoms with Gasteiger partial charge in [-0.25, -0.2) is 4.79 Å². The first kappa shape index (κ1) is 16.0. The van der Waals surface area contributed by atoms with Crippen LogP contribution in [0.1, 0.15) is 24.2 Å². The van der Waals surface area contributed by atoms with Crippen molar-refractivity contribution in [2.24, 2.45) is 4.99 Å². The van der Waals surface area contributed by atoms with Gasteiger partial charge in [-0.2, -0.15) is 0 Å². The lowest BCUT2D eigenvalue weighted by molar-refractivity contribution is -0.138. The smallest absolute Gasteiger partial charge is 0.344 e. The van der Waals surface area contributed by atoms with E-state index in [1.165, 1.54) is 12.5 Å². The molecule has 122 valence electrons. The third-order valence-corrected chi connectivity index (χ3v) is 3.92. The Morgan fingerprint density at radius 2 is 1.71 bits per heavy atom. The lowest BCUT2D eigenvalue weighted by Gasteiger charge is -2.10. The first-order valence-corrected chi connectivity index (χ1v) is 7.91. The summed E-state index contributed by atoms with van der Waals surface area (Å²) in [6.07, 6.45) is 0.198. The Kier molecular flexibility index (Phi) is 4.75. The van der Waals surface area contributed by atoms with Crippen LogP contribution in [0.25, 0.3) is 0 Å². The van der Waals surface area contributed by atoms with Gasteiger partial charge >= 0.3 is 5.97 Å². The summed E-state index contributed by atoms with van der Waals surface area (Å²) in [6, 6.07) is 19.5. The second kappa shape index (κ2) is 7.13. The van der Waals surface area contributed by atoms with Crippen molar-refractivity contribution in [1.29, 1.82) is 0 Å². The van der Waals surface area contributed by atoms with Crippen molar-refractivity contribution >= 4 is 11.7 Å². The molecule has 1 aliphatic rings. The number of cyclic esters (lactones) is 1. The second-order valence-corrected chi connectivity index (χ2v) is 5.66. The molecule has 4 nitrogen and oxygen atoms in total. The Bertz CT molecular complexity index is 775. The lowest BCUT2D eigenvalue weighted by atomic mass is 10.0. The molecule has 1 unspecified atom stereocenters. The van der Waals surface area contributed by atoms with E-state index in [9.17, 15) is 9.90 Å². The van der Waals surface area contributed by atoms with E-state index < -0.39 is 12.1 Å². The molecule has 0 amide bonds. The van der Waals surface area contributed by atoms with Crippen LogP contribution in [0.2, 0.25) is 0 Å². The highest BCUT2D eigenvalue weighted by atomic mass is 16.6. The van der Waals surface area contributed by atoms with Gasteiger partial charge in [0.1, 0.15) is 11.3 Å². The fraction of sp³-hybridized carbons (Fsp3) is 0.200. The maximum Gasteiger partial charge on any atom is 0.344 e. The number of ether oxygens (including phenoxy) is 1. The molecule has 0 saturated carbocycles. The predicted octanol–water partition coefficient (Wildman–Crippen LogP) is 3.80. The lowest BCUT2D eigenvalue weighted by Crippen LogP contribution is -2.10. The van der Waals surface area contributed by atoms with Crippen molar-refractivity contribution in [2.45, 2.75) is 19.4 Å². The molecule has 24 heavy (non-hydrogen) atoms. The molecule has 1 saturated heterocycles. The zero-order chi connectivity index (χ0) is 16.9. The van der Waals surface area contributed by atoms with E-state index in [2.05, 4.69) is 4.99 Å². The van der Waals surface area contributed by atoms with Gasteiger partial charge in [-0.15, -0.1) is 0 Å². The monoisotopic (exact) mass is 321 g/mol. The Morgan fingerprint density at radius 3 is 2.33 bits per heavy atom. The molecule has 1 N–H and O–H groups in total. The maximum atomic E-state index is 12.1. The Morgan fingerprint density at radius 1 is 1.08 bits per heavy atom. The number of aliphatic hydroxyl groups is 1. The maximum absolute atomic E-state index is 12.1. The molecule has 0 aliphatic carbocycles. The van der Waals surface area contributed by atoms with Crippen LogP contribution in [0.5, 0.6) is 0 Å². The zero-order valence-electron chi connectivity index (χ0n) is 13.5. The normalized spacial score (nSPS) is 21.0. The number of benzene rings is 2. The number of nitrogens with zero attached hydrogens (tertiary/aromatic N) is 1. The minimum Gasteiger partial charge on any atom is -0.512 e. The number of carbonyl (C=O) groups excluding carboxylic acids is 1. The SMILES string of the molecule is CC(O)=C1C(=O)OC(c2ccccc2)C1=NCCc1ccccc1. The largest absolute Gasteiger partial charge is 0.512 e. The molecule has 0 aromatic heterocycles. The summed E-state index contributed by atoms with van der Waals surface area (Å²) in [5.74, 6) is -0.584. The molecule has 1 heterocycles. The summed E-state index contributed by atoms with van der Waals surface area (Å²) in [5, 5.41) is 9.87. The van der Waals surface area contributed by atoms with Gasteiger partial charge in [0.25, 0.3) is 0 Å². The molecule has 4 heteroatoms. The fourth-order valence-corrected chi connectivity index (χ4v) is 2.76. The summed E-state index contributed by atoms with van der Waals surface area (Å²) in [7, 11) is 0. The van der Waals surface area contributed by atoms with Crippen LogP contribution >= 0.6 is 0 Å². The summed E-state index contributed by atoms with van der Waals surface area (Å²) >= 11 is 0. The summed E-state index contributed by atoms with van der Waals surface area (Å²) < 4.78 is 5.45. The highest BCUT2D eigenvalue weighted by molar-refractivity contribution is 6.26. The van der Waals surface area contributed by atoms with Crippen LogP contribution in [0.4, 0.5) is 0 Å². The number of carbonyl (C=O) groups is 1. The Hall–Kier alpha value is -2.88. The number of hydrogen-bond donors (Lipinski definition) is 1. The van der Waals surface area contributed by atoms with Crippen LogP contribution in [-0.2, 0) is 16.0 Å². The first-order chi connectivity index (χ1) is 11.7. The van der Waals surface area contributed by atoms with Gasteiger partial charge in [0.05, 0.1) is 5.71 Å². The van der Waals surface area contributed by atoms with E-state index in [-0.39, 0.29) is 11.3 Å². The molecule has 3 rings (SSSR count). The molecule has 1 aliphatic heterocycles. The minimum absolute atomic E-state index is 0.0584. The molecule has 1 atom stereocenters. The zero-order valence-corrected chi connectivity index (χ0v) is 13.5. The molecular formula is C20H19NO3. The van der Waals surface area contributed by atoms with Crippen LogP contribution in [0, 0.1) is 0 Å². The fourth-order valence-electron chi connectivity index (χ4n) is 2.76. The van der Waals surface area contributed by atoms with Crippen molar-refractivity contribution < 1.29 is 14.6 Å². The molecule has 1 fully saturated rings. The van der Waals surface area contributed by atoms with Gasteiger partial charge in [0, 0.05) is 6.54 Å². The van der Waals surface area contributed by atoms with Crippen molar-refractivity contribution in [3.63, 3.8) is 0 Å². The van der Waals surface area contributed by atoms with E-state index in [4.69, 9.17) is 4.74 Å². The van der Waals surface area contributed by atoms with Crippen LogP contribution < -0.4 is 0 Å². The molecular weight excluding hydrogens is 302 g/mol. The summed E-state index contributed by atoms with van der Waals surface area (Å²) in [5.41, 5.74) is 2.70. The topological polar surface area (TPSA) is 58.9 Å². The number of allylic oxidation sites excluding steroid dienone is 1. The van der Waals surface area contributed by atoms with Crippen LogP contribution in [-0.4, -0.2) is 23.3 Å². The molecule has 2 aromatic rings. The van der Waals surface area contributed by atoms with Gasteiger partial charge in [0.15, 0.2) is 6.10 Å². The van der Waals surface area contributed by atoms with Crippen molar-refractivity contribution in [3.8, 4) is 0 Å². The van der Waals surface area contributed by atoms with Gasteiger partial charge in [-0.1, -0.05) is 60.7 Å². The van der Waals surface area contributed by atoms with Crippen LogP contribution in [0.15, 0.2) is 77.0 Å². The number of rotatable bonds is 4. The van der Waals surface area contributed by atoms with Crippen molar-refractivity contribution in [1.82, 2.24) is 0 Å². The first-order valence-electron chi connectivity index (χ1n) is 7.91. The summed E-state index contributed by atoms with van der Waals surface area (Å²) in [4.78, 5) is 16.7. The number of hydrogen-bond acceptors (Lipinski definition) is 4. The highest BCUT2D eigenvalue weighted by Gasteiger charge is 2.38. The Labute approximate surface area is 141 Å². The van der Waals surface area contributed by atoms with E-state index in [1.54, 1.807) is 0 Å². The summed E-state index contributed by atoms with van der Waals surface area (Å²) in [6.45, 7) is 2.01. The minimum atomic E-state index is -0.563. The van der Waals surface area contributed by atoms with E-state index >= 15 is 0 Å². The third kappa shape index (κ3) is 3.38. The standard InChI is InChI=1S/C20H19NO3/c1-14(22)17-18(21-13-12-15-8-4-2-5-9-15)19(24-20(17)23)16-10-6-3-7-11-16/h2-11,19,22H,12-13H2,1H3. The molecule has 0 spiro atoms. The number of aliphatic hydroxyl groups excluding tert-OH is 1. The van der Waals surface area contributed by atoms with Gasteiger partial charge in [-0.05, 0) is 24.5 Å². The van der Waals surface area contributed by atoms with E-state index in [1.807, 2.05) is 60.7 Å². The second-order valence-electron chi connectivity index (χ2n) is 5.66. The average Bonchev–Trinajstić information content (AvgIpc) is 2.93. The van der Waals surface area contributed by atoms with E-state index in [0.29, 0.717) is 12.3 Å².